The van der Waals surface area contributed by atoms with E-state index in [1.165, 1.54) is 0 Å². The summed E-state index contributed by atoms with van der Waals surface area (Å²) in [6, 6.07) is 7.74. The third kappa shape index (κ3) is 3.91. The maximum absolute atomic E-state index is 12.4. The van der Waals surface area contributed by atoms with Crippen LogP contribution in [0.5, 0.6) is 5.75 Å². The third-order valence-electron chi connectivity index (χ3n) is 4.38. The van der Waals surface area contributed by atoms with Crippen molar-refractivity contribution in [2.45, 2.75) is 38.8 Å². The Bertz CT molecular complexity index is 506. The van der Waals surface area contributed by atoms with Crippen molar-refractivity contribution < 1.29 is 14.6 Å². The molecule has 22 heavy (non-hydrogen) atoms. The van der Waals surface area contributed by atoms with Crippen molar-refractivity contribution in [2.75, 3.05) is 20.3 Å². The van der Waals surface area contributed by atoms with Crippen LogP contribution in [0.15, 0.2) is 24.3 Å². The Labute approximate surface area is 132 Å². The zero-order chi connectivity index (χ0) is 16.1. The fraction of sp³-hybridized carbons (Fsp3) is 0.588. The maximum atomic E-state index is 12.4. The first-order valence-corrected chi connectivity index (χ1v) is 7.86. The van der Waals surface area contributed by atoms with Crippen molar-refractivity contribution in [1.82, 2.24) is 10.2 Å². The van der Waals surface area contributed by atoms with Crippen molar-refractivity contribution in [3.63, 3.8) is 0 Å². The molecule has 0 bridgehead atoms. The molecule has 1 fully saturated rings. The number of methoxy groups -OCH3 is 1. The Balaban J connectivity index is 1.91. The third-order valence-corrected chi connectivity index (χ3v) is 4.38. The predicted octanol–water partition coefficient (Wildman–Crippen LogP) is 2.04. The van der Waals surface area contributed by atoms with E-state index in [1.807, 2.05) is 31.2 Å². The lowest BCUT2D eigenvalue weighted by Gasteiger charge is -2.27. The molecule has 1 saturated heterocycles. The molecular formula is C17H26N2O3. The number of carbonyl (C=O) groups is 1. The van der Waals surface area contributed by atoms with Gasteiger partial charge in [0.2, 0.25) is 0 Å². The van der Waals surface area contributed by atoms with Gasteiger partial charge in [0.15, 0.2) is 0 Å². The number of urea groups is 1. The predicted molar refractivity (Wildman–Crippen MR) is 86.1 cm³/mol. The van der Waals surface area contributed by atoms with Crippen LogP contribution < -0.4 is 10.1 Å². The van der Waals surface area contributed by atoms with Gasteiger partial charge in [0.05, 0.1) is 19.8 Å². The minimum atomic E-state index is -0.0844. The summed E-state index contributed by atoms with van der Waals surface area (Å²) in [5, 5.41) is 12.5. The number of aliphatic hydroxyl groups is 1. The van der Waals surface area contributed by atoms with E-state index < -0.39 is 0 Å². The molecule has 5 heteroatoms. The van der Waals surface area contributed by atoms with Crippen molar-refractivity contribution in [3.05, 3.63) is 29.8 Å². The smallest absolute Gasteiger partial charge is 0.317 e. The van der Waals surface area contributed by atoms with Crippen LogP contribution in [-0.4, -0.2) is 48.4 Å². The molecule has 1 aromatic rings. The van der Waals surface area contributed by atoms with E-state index in [-0.39, 0.29) is 24.7 Å². The van der Waals surface area contributed by atoms with Crippen molar-refractivity contribution in [3.8, 4) is 5.75 Å². The van der Waals surface area contributed by atoms with Crippen LogP contribution >= 0.6 is 0 Å². The molecule has 1 aliphatic rings. The number of likely N-dealkylation sites (tertiary alicyclic amines) is 1. The second-order valence-corrected chi connectivity index (χ2v) is 6.12. The standard InChI is InChI=1S/C17H26N2O3/c1-12-7-8-19(16(12)11-20)17(21)18-13(2)9-14-5-4-6-15(10-14)22-3/h4-6,10,12-13,16,20H,7-9,11H2,1-3H3,(H,18,21). The lowest BCUT2D eigenvalue weighted by atomic mass is 10.0. The fourth-order valence-electron chi connectivity index (χ4n) is 3.04. The highest BCUT2D eigenvalue weighted by Gasteiger charge is 2.34. The molecule has 0 saturated carbocycles. The number of rotatable bonds is 5. The van der Waals surface area contributed by atoms with Crippen molar-refractivity contribution in [1.29, 1.82) is 0 Å². The summed E-state index contributed by atoms with van der Waals surface area (Å²) in [5.74, 6) is 1.18. The first-order chi connectivity index (χ1) is 10.5. The van der Waals surface area contributed by atoms with E-state index in [4.69, 9.17) is 4.74 Å². The lowest BCUT2D eigenvalue weighted by molar-refractivity contribution is 0.142. The molecule has 1 aliphatic heterocycles. The highest BCUT2D eigenvalue weighted by molar-refractivity contribution is 5.75. The summed E-state index contributed by atoms with van der Waals surface area (Å²) in [6.45, 7) is 4.81. The number of amides is 2. The van der Waals surface area contributed by atoms with Crippen molar-refractivity contribution in [2.24, 2.45) is 5.92 Å². The zero-order valence-electron chi connectivity index (χ0n) is 13.6. The van der Waals surface area contributed by atoms with Gasteiger partial charge in [-0.1, -0.05) is 19.1 Å². The van der Waals surface area contributed by atoms with Gasteiger partial charge in [0.1, 0.15) is 5.75 Å². The molecule has 2 rings (SSSR count). The summed E-state index contributed by atoms with van der Waals surface area (Å²) >= 11 is 0. The minimum Gasteiger partial charge on any atom is -0.497 e. The first kappa shape index (κ1) is 16.6. The summed E-state index contributed by atoms with van der Waals surface area (Å²) in [4.78, 5) is 14.1. The molecule has 122 valence electrons. The average Bonchev–Trinajstić information content (AvgIpc) is 2.88. The monoisotopic (exact) mass is 306 g/mol. The van der Waals surface area contributed by atoms with Crippen LogP contribution in [0.25, 0.3) is 0 Å². The Morgan fingerprint density at radius 2 is 2.32 bits per heavy atom. The second-order valence-electron chi connectivity index (χ2n) is 6.12. The molecule has 2 amide bonds. The number of ether oxygens (including phenoxy) is 1. The molecule has 2 N–H and O–H groups in total. The van der Waals surface area contributed by atoms with E-state index >= 15 is 0 Å². The summed E-state index contributed by atoms with van der Waals surface area (Å²) in [6.07, 6.45) is 1.69. The van der Waals surface area contributed by atoms with Crippen LogP contribution in [-0.2, 0) is 6.42 Å². The van der Waals surface area contributed by atoms with Gasteiger partial charge in [0, 0.05) is 12.6 Å². The normalized spacial score (nSPS) is 22.5. The van der Waals surface area contributed by atoms with E-state index in [0.717, 1.165) is 24.2 Å². The minimum absolute atomic E-state index is 0.0230. The van der Waals surface area contributed by atoms with Gasteiger partial charge in [-0.15, -0.1) is 0 Å². The topological polar surface area (TPSA) is 61.8 Å². The number of carbonyl (C=O) groups excluding carboxylic acids is 1. The number of benzene rings is 1. The molecule has 0 spiro atoms. The van der Waals surface area contributed by atoms with E-state index in [9.17, 15) is 9.90 Å². The molecule has 3 atom stereocenters. The van der Waals surface area contributed by atoms with Gasteiger partial charge in [-0.25, -0.2) is 4.79 Å². The highest BCUT2D eigenvalue weighted by atomic mass is 16.5. The number of nitrogens with one attached hydrogen (secondary N) is 1. The van der Waals surface area contributed by atoms with Gasteiger partial charge in [0.25, 0.3) is 0 Å². The largest absolute Gasteiger partial charge is 0.497 e. The molecule has 3 unspecified atom stereocenters. The van der Waals surface area contributed by atoms with Gasteiger partial charge in [-0.2, -0.15) is 0 Å². The van der Waals surface area contributed by atoms with Crippen LogP contribution in [0.1, 0.15) is 25.8 Å². The SMILES string of the molecule is COc1cccc(CC(C)NC(=O)N2CCC(C)C2CO)c1. The van der Waals surface area contributed by atoms with Gasteiger partial charge in [-0.05, 0) is 43.4 Å². The summed E-state index contributed by atoms with van der Waals surface area (Å²) in [7, 11) is 1.65. The van der Waals surface area contributed by atoms with Gasteiger partial charge < -0.3 is 20.1 Å². The molecule has 0 aliphatic carbocycles. The van der Waals surface area contributed by atoms with E-state index in [0.29, 0.717) is 12.5 Å². The second kappa shape index (κ2) is 7.49. The summed E-state index contributed by atoms with van der Waals surface area (Å²) < 4.78 is 5.22. The Kier molecular flexibility index (Phi) is 5.66. The molecular weight excluding hydrogens is 280 g/mol. The van der Waals surface area contributed by atoms with E-state index in [2.05, 4.69) is 12.2 Å². The van der Waals surface area contributed by atoms with E-state index in [1.54, 1.807) is 12.0 Å². The van der Waals surface area contributed by atoms with Crippen LogP contribution in [0, 0.1) is 5.92 Å². The Morgan fingerprint density at radius 3 is 3.00 bits per heavy atom. The molecule has 0 radical (unpaired) electrons. The number of hydrogen-bond acceptors (Lipinski definition) is 3. The molecule has 1 aromatic carbocycles. The molecule has 5 nitrogen and oxygen atoms in total. The first-order valence-electron chi connectivity index (χ1n) is 7.86. The zero-order valence-corrected chi connectivity index (χ0v) is 13.6. The number of aliphatic hydroxyl groups excluding tert-OH is 1. The van der Waals surface area contributed by atoms with Crippen LogP contribution in [0.3, 0.4) is 0 Å². The Hall–Kier alpha value is -1.75. The molecule has 0 aromatic heterocycles. The lowest BCUT2D eigenvalue weighted by Crippen LogP contribution is -2.48. The van der Waals surface area contributed by atoms with Crippen LogP contribution in [0.4, 0.5) is 4.79 Å². The van der Waals surface area contributed by atoms with Gasteiger partial charge in [-0.3, -0.25) is 0 Å². The van der Waals surface area contributed by atoms with Gasteiger partial charge >= 0.3 is 6.03 Å². The van der Waals surface area contributed by atoms with Crippen LogP contribution in [0.2, 0.25) is 0 Å². The number of nitrogens with zero attached hydrogens (tertiary/aromatic N) is 1. The fourth-order valence-corrected chi connectivity index (χ4v) is 3.04. The maximum Gasteiger partial charge on any atom is 0.317 e. The Morgan fingerprint density at radius 1 is 1.55 bits per heavy atom. The average molecular weight is 306 g/mol. The highest BCUT2D eigenvalue weighted by Crippen LogP contribution is 2.23. The summed E-state index contributed by atoms with van der Waals surface area (Å²) in [5.41, 5.74) is 1.13. The molecule has 1 heterocycles. The van der Waals surface area contributed by atoms with Crippen molar-refractivity contribution >= 4 is 6.03 Å². The quantitative estimate of drug-likeness (QED) is 0.875. The number of hydrogen-bond donors (Lipinski definition) is 2.